The molecule has 0 spiro atoms. The fraction of sp³-hybridized carbons (Fsp3) is 0.125. The van der Waals surface area contributed by atoms with Crippen LogP contribution in [0.1, 0.15) is 10.4 Å². The molecule has 1 aromatic rings. The number of methoxy groups -OCH3 is 1. The molecular weight excluding hydrogens is 158 g/mol. The highest BCUT2D eigenvalue weighted by Gasteiger charge is 2.07. The molecule has 1 rings (SSSR count). The van der Waals surface area contributed by atoms with Crippen molar-refractivity contribution in [3.63, 3.8) is 0 Å². The second kappa shape index (κ2) is 3.13. The van der Waals surface area contributed by atoms with Crippen LogP contribution in [0.2, 0.25) is 0 Å². The molecule has 12 heavy (non-hydrogen) atoms. The molecule has 0 radical (unpaired) electrons. The summed E-state index contributed by atoms with van der Waals surface area (Å²) in [5.74, 6) is -0.323. The van der Waals surface area contributed by atoms with E-state index in [2.05, 4.69) is 0 Å². The molecule has 0 aromatic heterocycles. The predicted molar refractivity (Wildman–Crippen MR) is 43.2 cm³/mol. The molecule has 0 bridgehead atoms. The van der Waals surface area contributed by atoms with Gasteiger partial charge >= 0.3 is 0 Å². The van der Waals surface area contributed by atoms with Crippen molar-refractivity contribution in [3.05, 3.63) is 23.8 Å². The SMILES string of the molecule is COc1ccc(O)c(C(N)=O)c1. The maximum Gasteiger partial charge on any atom is 0.252 e. The number of amides is 1. The Bertz CT molecular complexity index is 309. The van der Waals surface area contributed by atoms with Crippen LogP contribution in [-0.4, -0.2) is 18.1 Å². The van der Waals surface area contributed by atoms with Crippen molar-refractivity contribution in [2.45, 2.75) is 0 Å². The number of benzene rings is 1. The van der Waals surface area contributed by atoms with Crippen LogP contribution in [0.5, 0.6) is 11.5 Å². The van der Waals surface area contributed by atoms with E-state index < -0.39 is 5.91 Å². The molecule has 0 saturated heterocycles. The average molecular weight is 167 g/mol. The van der Waals surface area contributed by atoms with E-state index in [9.17, 15) is 4.79 Å². The van der Waals surface area contributed by atoms with Crippen LogP contribution in [0.15, 0.2) is 18.2 Å². The van der Waals surface area contributed by atoms with Gasteiger partial charge < -0.3 is 15.6 Å². The molecular formula is C8H9NO3. The van der Waals surface area contributed by atoms with E-state index in [4.69, 9.17) is 15.6 Å². The fourth-order valence-electron chi connectivity index (χ4n) is 0.839. The average Bonchev–Trinajstić information content (AvgIpc) is 2.05. The van der Waals surface area contributed by atoms with Gasteiger partial charge in [-0.05, 0) is 18.2 Å². The highest BCUT2D eigenvalue weighted by Crippen LogP contribution is 2.21. The van der Waals surface area contributed by atoms with Gasteiger partial charge in [-0.1, -0.05) is 0 Å². The summed E-state index contributed by atoms with van der Waals surface area (Å²) >= 11 is 0. The van der Waals surface area contributed by atoms with Gasteiger partial charge in [-0.15, -0.1) is 0 Å². The molecule has 3 N–H and O–H groups in total. The number of phenols is 1. The first kappa shape index (κ1) is 8.39. The van der Waals surface area contributed by atoms with Crippen LogP contribution in [0.25, 0.3) is 0 Å². The molecule has 64 valence electrons. The van der Waals surface area contributed by atoms with Crippen LogP contribution in [0.4, 0.5) is 0 Å². The Morgan fingerprint density at radius 3 is 2.75 bits per heavy atom. The maximum absolute atomic E-state index is 10.7. The van der Waals surface area contributed by atoms with Gasteiger partial charge in [0.1, 0.15) is 11.5 Å². The van der Waals surface area contributed by atoms with Crippen molar-refractivity contribution in [1.82, 2.24) is 0 Å². The lowest BCUT2D eigenvalue weighted by molar-refractivity contribution is 0.0997. The van der Waals surface area contributed by atoms with Gasteiger partial charge in [0.15, 0.2) is 0 Å². The van der Waals surface area contributed by atoms with Gasteiger partial charge in [0.2, 0.25) is 0 Å². The summed E-state index contributed by atoms with van der Waals surface area (Å²) in [4.78, 5) is 10.7. The van der Waals surface area contributed by atoms with E-state index in [-0.39, 0.29) is 11.3 Å². The molecule has 0 aliphatic heterocycles. The molecule has 1 aromatic carbocycles. The minimum atomic E-state index is -0.675. The maximum atomic E-state index is 10.7. The van der Waals surface area contributed by atoms with Crippen LogP contribution < -0.4 is 10.5 Å². The Balaban J connectivity index is 3.17. The number of ether oxygens (including phenoxy) is 1. The summed E-state index contributed by atoms with van der Waals surface area (Å²) in [6.07, 6.45) is 0. The summed E-state index contributed by atoms with van der Waals surface area (Å²) in [6.45, 7) is 0. The zero-order chi connectivity index (χ0) is 9.14. The molecule has 0 atom stereocenters. The zero-order valence-electron chi connectivity index (χ0n) is 6.57. The number of nitrogens with two attached hydrogens (primary N) is 1. The van der Waals surface area contributed by atoms with E-state index >= 15 is 0 Å². The lowest BCUT2D eigenvalue weighted by atomic mass is 10.2. The Morgan fingerprint density at radius 1 is 1.58 bits per heavy atom. The topological polar surface area (TPSA) is 72.6 Å². The summed E-state index contributed by atoms with van der Waals surface area (Å²) in [6, 6.07) is 4.29. The molecule has 0 unspecified atom stereocenters. The zero-order valence-corrected chi connectivity index (χ0v) is 6.57. The minimum absolute atomic E-state index is 0.0642. The smallest absolute Gasteiger partial charge is 0.252 e. The lowest BCUT2D eigenvalue weighted by Crippen LogP contribution is -2.11. The third-order valence-corrected chi connectivity index (χ3v) is 1.47. The van der Waals surface area contributed by atoms with E-state index in [0.717, 1.165) is 0 Å². The van der Waals surface area contributed by atoms with E-state index in [1.54, 1.807) is 6.07 Å². The first-order valence-corrected chi connectivity index (χ1v) is 3.32. The monoisotopic (exact) mass is 167 g/mol. The van der Waals surface area contributed by atoms with Gasteiger partial charge in [-0.2, -0.15) is 0 Å². The summed E-state index contributed by atoms with van der Waals surface area (Å²) < 4.78 is 4.84. The number of carbonyl (C=O) groups is 1. The third-order valence-electron chi connectivity index (χ3n) is 1.47. The van der Waals surface area contributed by atoms with Crippen molar-refractivity contribution in [3.8, 4) is 11.5 Å². The van der Waals surface area contributed by atoms with Crippen LogP contribution in [0.3, 0.4) is 0 Å². The molecule has 0 heterocycles. The summed E-state index contributed by atoms with van der Waals surface area (Å²) in [5, 5.41) is 9.14. The summed E-state index contributed by atoms with van der Waals surface area (Å²) in [7, 11) is 1.47. The second-order valence-electron chi connectivity index (χ2n) is 2.25. The molecule has 4 nitrogen and oxygen atoms in total. The van der Waals surface area contributed by atoms with E-state index in [1.807, 2.05) is 0 Å². The fourth-order valence-corrected chi connectivity index (χ4v) is 0.839. The number of primary amides is 1. The molecule has 0 saturated carbocycles. The Hall–Kier alpha value is -1.71. The quantitative estimate of drug-likeness (QED) is 0.673. The van der Waals surface area contributed by atoms with Crippen molar-refractivity contribution in [1.29, 1.82) is 0 Å². The van der Waals surface area contributed by atoms with Crippen molar-refractivity contribution in [2.24, 2.45) is 5.73 Å². The van der Waals surface area contributed by atoms with Gasteiger partial charge in [-0.25, -0.2) is 0 Å². The van der Waals surface area contributed by atoms with Crippen LogP contribution in [-0.2, 0) is 0 Å². The summed E-state index contributed by atoms with van der Waals surface area (Å²) in [5.41, 5.74) is 5.05. The molecule has 0 aliphatic rings. The molecule has 0 fully saturated rings. The standard InChI is InChI=1S/C8H9NO3/c1-12-5-2-3-7(10)6(4-5)8(9)11/h2-4,10H,1H3,(H2,9,11). The largest absolute Gasteiger partial charge is 0.507 e. The van der Waals surface area contributed by atoms with Gasteiger partial charge in [0.05, 0.1) is 12.7 Å². The first-order chi connectivity index (χ1) is 5.65. The highest BCUT2D eigenvalue weighted by molar-refractivity contribution is 5.95. The van der Waals surface area contributed by atoms with Crippen LogP contribution in [0, 0.1) is 0 Å². The Kier molecular flexibility index (Phi) is 2.19. The highest BCUT2D eigenvalue weighted by atomic mass is 16.5. The van der Waals surface area contributed by atoms with Crippen molar-refractivity contribution in [2.75, 3.05) is 7.11 Å². The van der Waals surface area contributed by atoms with E-state index in [0.29, 0.717) is 5.75 Å². The predicted octanol–water partition coefficient (Wildman–Crippen LogP) is 0.500. The van der Waals surface area contributed by atoms with Crippen molar-refractivity contribution < 1.29 is 14.6 Å². The lowest BCUT2D eigenvalue weighted by Gasteiger charge is -2.02. The Morgan fingerprint density at radius 2 is 2.25 bits per heavy atom. The number of hydrogen-bond donors (Lipinski definition) is 2. The van der Waals surface area contributed by atoms with Gasteiger partial charge in [0, 0.05) is 0 Å². The van der Waals surface area contributed by atoms with Crippen molar-refractivity contribution >= 4 is 5.91 Å². The second-order valence-corrected chi connectivity index (χ2v) is 2.25. The third kappa shape index (κ3) is 1.47. The molecule has 4 heteroatoms. The molecule has 1 amide bonds. The normalized spacial score (nSPS) is 9.42. The molecule has 0 aliphatic carbocycles. The number of hydrogen-bond acceptors (Lipinski definition) is 3. The number of aromatic hydroxyl groups is 1. The first-order valence-electron chi connectivity index (χ1n) is 3.32. The Labute approximate surface area is 69.6 Å². The van der Waals surface area contributed by atoms with Crippen LogP contribution >= 0.6 is 0 Å². The number of rotatable bonds is 2. The van der Waals surface area contributed by atoms with E-state index in [1.165, 1.54) is 19.2 Å². The van der Waals surface area contributed by atoms with Gasteiger partial charge in [0.25, 0.3) is 5.91 Å². The van der Waals surface area contributed by atoms with Gasteiger partial charge in [-0.3, -0.25) is 4.79 Å². The minimum Gasteiger partial charge on any atom is -0.507 e. The number of carbonyl (C=O) groups excluding carboxylic acids is 1.